The normalized spacial score (nSPS) is 22.4. The Balaban J connectivity index is 1.76. The van der Waals surface area contributed by atoms with Crippen LogP contribution in [0, 0.1) is 5.41 Å². The lowest BCUT2D eigenvalue weighted by Gasteiger charge is -2.33. The SMILES string of the molecule is CC(C)N(Cc1ccccc1)C(=O)C1(C(=O)N(C)C2CCS(=O)(=O)C2)CC1. The van der Waals surface area contributed by atoms with Gasteiger partial charge in [-0.15, -0.1) is 0 Å². The van der Waals surface area contributed by atoms with Crippen LogP contribution in [0.25, 0.3) is 0 Å². The Labute approximate surface area is 161 Å². The van der Waals surface area contributed by atoms with E-state index < -0.39 is 15.3 Å². The Kier molecular flexibility index (Phi) is 5.34. The molecular weight excluding hydrogens is 364 g/mol. The fourth-order valence-electron chi connectivity index (χ4n) is 3.77. The molecule has 2 amide bonds. The molecule has 6 nitrogen and oxygen atoms in total. The highest BCUT2D eigenvalue weighted by Crippen LogP contribution is 2.49. The first kappa shape index (κ1) is 19.9. The fourth-order valence-corrected chi connectivity index (χ4v) is 5.55. The van der Waals surface area contributed by atoms with E-state index in [1.54, 1.807) is 11.9 Å². The van der Waals surface area contributed by atoms with Gasteiger partial charge in [0.25, 0.3) is 0 Å². The van der Waals surface area contributed by atoms with Crippen LogP contribution in [0.15, 0.2) is 30.3 Å². The van der Waals surface area contributed by atoms with E-state index in [1.165, 1.54) is 4.90 Å². The van der Waals surface area contributed by atoms with Crippen LogP contribution in [0.3, 0.4) is 0 Å². The monoisotopic (exact) mass is 392 g/mol. The standard InChI is InChI=1S/C20H28N2O4S/c1-15(2)22(13-16-7-5-4-6-8-16)19(24)20(10-11-20)18(23)21(3)17-9-12-27(25,26)14-17/h4-8,15,17H,9-14H2,1-3H3. The average Bonchev–Trinajstić information content (AvgIpc) is 3.36. The maximum Gasteiger partial charge on any atom is 0.238 e. The number of nitrogens with zero attached hydrogens (tertiary/aromatic N) is 2. The maximum atomic E-state index is 13.3. The molecule has 27 heavy (non-hydrogen) atoms. The van der Waals surface area contributed by atoms with Gasteiger partial charge < -0.3 is 9.80 Å². The van der Waals surface area contributed by atoms with Crippen LogP contribution in [0.4, 0.5) is 0 Å². The van der Waals surface area contributed by atoms with Crippen molar-refractivity contribution in [2.24, 2.45) is 5.41 Å². The van der Waals surface area contributed by atoms with Gasteiger partial charge in [0.1, 0.15) is 5.41 Å². The Bertz CT molecular complexity index is 816. The lowest BCUT2D eigenvalue weighted by molar-refractivity contribution is -0.151. The zero-order valence-electron chi connectivity index (χ0n) is 16.2. The van der Waals surface area contributed by atoms with E-state index in [9.17, 15) is 18.0 Å². The summed E-state index contributed by atoms with van der Waals surface area (Å²) in [5.41, 5.74) is 0.0122. The number of carbonyl (C=O) groups is 2. The second kappa shape index (κ2) is 7.26. The van der Waals surface area contributed by atoms with E-state index in [-0.39, 0.29) is 35.4 Å². The molecule has 1 saturated heterocycles. The highest BCUT2D eigenvalue weighted by Gasteiger charge is 2.60. The van der Waals surface area contributed by atoms with Gasteiger partial charge in [-0.25, -0.2) is 8.42 Å². The van der Waals surface area contributed by atoms with Crippen molar-refractivity contribution in [3.8, 4) is 0 Å². The van der Waals surface area contributed by atoms with Gasteiger partial charge >= 0.3 is 0 Å². The van der Waals surface area contributed by atoms with Gasteiger partial charge in [0.05, 0.1) is 11.5 Å². The summed E-state index contributed by atoms with van der Waals surface area (Å²) < 4.78 is 23.5. The van der Waals surface area contributed by atoms with E-state index in [2.05, 4.69) is 0 Å². The minimum Gasteiger partial charge on any atom is -0.341 e. The Morgan fingerprint density at radius 3 is 2.26 bits per heavy atom. The molecule has 0 radical (unpaired) electrons. The number of hydrogen-bond acceptors (Lipinski definition) is 4. The maximum absolute atomic E-state index is 13.3. The first-order valence-electron chi connectivity index (χ1n) is 9.49. The molecule has 0 spiro atoms. The van der Waals surface area contributed by atoms with Crippen molar-refractivity contribution in [3.05, 3.63) is 35.9 Å². The summed E-state index contributed by atoms with van der Waals surface area (Å²) in [6.07, 6.45) is 1.52. The summed E-state index contributed by atoms with van der Waals surface area (Å²) in [5, 5.41) is 0. The van der Waals surface area contributed by atoms with E-state index in [0.717, 1.165) is 5.56 Å². The smallest absolute Gasteiger partial charge is 0.238 e. The predicted octanol–water partition coefficient (Wildman–Crippen LogP) is 1.85. The highest BCUT2D eigenvalue weighted by atomic mass is 32.2. The van der Waals surface area contributed by atoms with Crippen LogP contribution in [0.1, 0.15) is 38.7 Å². The van der Waals surface area contributed by atoms with Crippen molar-refractivity contribution in [1.29, 1.82) is 0 Å². The summed E-state index contributed by atoms with van der Waals surface area (Å²) >= 11 is 0. The van der Waals surface area contributed by atoms with Crippen molar-refractivity contribution in [2.75, 3.05) is 18.6 Å². The fraction of sp³-hybridized carbons (Fsp3) is 0.600. The second-order valence-electron chi connectivity index (χ2n) is 8.07. The predicted molar refractivity (Wildman–Crippen MR) is 104 cm³/mol. The Morgan fingerprint density at radius 2 is 1.78 bits per heavy atom. The van der Waals surface area contributed by atoms with Crippen LogP contribution >= 0.6 is 0 Å². The zero-order chi connectivity index (χ0) is 19.8. The van der Waals surface area contributed by atoms with Gasteiger partial charge in [-0.05, 0) is 38.7 Å². The van der Waals surface area contributed by atoms with Crippen LogP contribution in [0.5, 0.6) is 0 Å². The molecule has 148 valence electrons. The number of carbonyl (C=O) groups excluding carboxylic acids is 2. The molecule has 1 aromatic rings. The van der Waals surface area contributed by atoms with Crippen LogP contribution in [-0.2, 0) is 26.0 Å². The Hall–Kier alpha value is -1.89. The second-order valence-corrected chi connectivity index (χ2v) is 10.3. The minimum atomic E-state index is -3.08. The van der Waals surface area contributed by atoms with Crippen LogP contribution in [-0.4, -0.2) is 60.7 Å². The largest absolute Gasteiger partial charge is 0.341 e. The topological polar surface area (TPSA) is 74.8 Å². The summed E-state index contributed by atoms with van der Waals surface area (Å²) in [7, 11) is -1.44. The van der Waals surface area contributed by atoms with Crippen molar-refractivity contribution >= 4 is 21.7 Å². The minimum absolute atomic E-state index is 0.00256. The molecular formula is C20H28N2O4S. The first-order valence-corrected chi connectivity index (χ1v) is 11.3. The molecule has 0 bridgehead atoms. The van der Waals surface area contributed by atoms with E-state index >= 15 is 0 Å². The third-order valence-electron chi connectivity index (χ3n) is 5.73. The molecule has 0 N–H and O–H groups in total. The van der Waals surface area contributed by atoms with Crippen molar-refractivity contribution in [2.45, 2.75) is 51.7 Å². The van der Waals surface area contributed by atoms with Crippen LogP contribution in [0.2, 0.25) is 0 Å². The third-order valence-corrected chi connectivity index (χ3v) is 7.48. The molecule has 1 aromatic carbocycles. The van der Waals surface area contributed by atoms with Gasteiger partial charge in [0, 0.05) is 25.7 Å². The number of rotatable bonds is 6. The summed E-state index contributed by atoms with van der Waals surface area (Å²) in [5.74, 6) is -0.257. The zero-order valence-corrected chi connectivity index (χ0v) is 17.0. The lowest BCUT2D eigenvalue weighted by Crippen LogP contribution is -2.50. The number of sulfone groups is 1. The third kappa shape index (κ3) is 4.03. The van der Waals surface area contributed by atoms with E-state index in [0.29, 0.717) is 25.8 Å². The molecule has 1 unspecified atom stereocenters. The number of amides is 2. The van der Waals surface area contributed by atoms with Crippen LogP contribution < -0.4 is 0 Å². The van der Waals surface area contributed by atoms with Gasteiger partial charge in [-0.3, -0.25) is 9.59 Å². The summed E-state index contributed by atoms with van der Waals surface area (Å²) in [6.45, 7) is 4.37. The first-order chi connectivity index (χ1) is 12.7. The summed E-state index contributed by atoms with van der Waals surface area (Å²) in [4.78, 5) is 29.7. The summed E-state index contributed by atoms with van der Waals surface area (Å²) in [6, 6.07) is 9.39. The van der Waals surface area contributed by atoms with Gasteiger partial charge in [0.15, 0.2) is 9.84 Å². The van der Waals surface area contributed by atoms with Gasteiger partial charge in [-0.2, -0.15) is 0 Å². The molecule has 0 aromatic heterocycles. The average molecular weight is 393 g/mol. The quantitative estimate of drug-likeness (QED) is 0.693. The molecule has 1 aliphatic heterocycles. The van der Waals surface area contributed by atoms with Crippen molar-refractivity contribution in [1.82, 2.24) is 9.80 Å². The molecule has 1 saturated carbocycles. The van der Waals surface area contributed by atoms with Gasteiger partial charge in [0.2, 0.25) is 11.8 Å². The molecule has 7 heteroatoms. The highest BCUT2D eigenvalue weighted by molar-refractivity contribution is 7.91. The van der Waals surface area contributed by atoms with Crippen molar-refractivity contribution < 1.29 is 18.0 Å². The molecule has 1 atom stereocenters. The molecule has 2 fully saturated rings. The molecule has 1 aliphatic carbocycles. The molecule has 1 heterocycles. The number of benzene rings is 1. The number of hydrogen-bond donors (Lipinski definition) is 0. The lowest BCUT2D eigenvalue weighted by atomic mass is 10.00. The molecule has 3 rings (SSSR count). The Morgan fingerprint density at radius 1 is 1.15 bits per heavy atom. The van der Waals surface area contributed by atoms with Crippen molar-refractivity contribution in [3.63, 3.8) is 0 Å². The molecule has 2 aliphatic rings. The van der Waals surface area contributed by atoms with Gasteiger partial charge in [-0.1, -0.05) is 30.3 Å². The van der Waals surface area contributed by atoms with E-state index in [1.807, 2.05) is 44.2 Å². The van der Waals surface area contributed by atoms with E-state index in [4.69, 9.17) is 0 Å².